The van der Waals surface area contributed by atoms with Gasteiger partial charge in [0.1, 0.15) is 23.1 Å². The topological polar surface area (TPSA) is 46.3 Å². The number of amides is 1. The van der Waals surface area contributed by atoms with Crippen LogP contribution in [0.2, 0.25) is 0 Å². The predicted octanol–water partition coefficient (Wildman–Crippen LogP) is 5.13. The average Bonchev–Trinajstić information content (AvgIpc) is 3.12. The van der Waals surface area contributed by atoms with Crippen LogP contribution in [0.3, 0.4) is 0 Å². The standard InChI is InChI=1S/C19H13F5N2O2/c1-11-14(5-7-17(25-11)19(22,23)24)18(27)26(10-13-3-2-8-28-13)16-6-4-12(20)9-15(16)21/h2-9H,10H2,1H3. The molecule has 1 amide bonds. The molecule has 4 nitrogen and oxygen atoms in total. The number of alkyl halides is 3. The third kappa shape index (κ3) is 4.03. The van der Waals surface area contributed by atoms with Gasteiger partial charge in [-0.3, -0.25) is 9.69 Å². The maximum atomic E-state index is 14.3. The number of furan rings is 1. The molecule has 2 heterocycles. The summed E-state index contributed by atoms with van der Waals surface area (Å²) >= 11 is 0. The molecule has 0 saturated heterocycles. The van der Waals surface area contributed by atoms with Crippen molar-refractivity contribution in [3.63, 3.8) is 0 Å². The first-order chi connectivity index (χ1) is 13.2. The molecule has 1 aromatic carbocycles. The first-order valence-corrected chi connectivity index (χ1v) is 8.01. The first kappa shape index (κ1) is 19.5. The second-order valence-corrected chi connectivity index (χ2v) is 5.89. The normalized spacial score (nSPS) is 11.5. The molecule has 0 aliphatic carbocycles. The zero-order valence-corrected chi connectivity index (χ0v) is 14.4. The molecule has 2 aromatic heterocycles. The Balaban J connectivity index is 2.03. The Labute approximate surface area is 156 Å². The van der Waals surface area contributed by atoms with Crippen molar-refractivity contribution in [2.45, 2.75) is 19.6 Å². The first-order valence-electron chi connectivity index (χ1n) is 8.01. The molecule has 0 saturated carbocycles. The van der Waals surface area contributed by atoms with E-state index in [0.717, 1.165) is 23.1 Å². The highest BCUT2D eigenvalue weighted by Crippen LogP contribution is 2.30. The number of aryl methyl sites for hydroxylation is 1. The third-order valence-electron chi connectivity index (χ3n) is 3.95. The Hall–Kier alpha value is -3.23. The van der Waals surface area contributed by atoms with Gasteiger partial charge in [-0.25, -0.2) is 13.8 Å². The Kier molecular flexibility index (Phi) is 5.17. The summed E-state index contributed by atoms with van der Waals surface area (Å²) < 4.78 is 71.2. The van der Waals surface area contributed by atoms with E-state index in [1.54, 1.807) is 12.1 Å². The van der Waals surface area contributed by atoms with Crippen LogP contribution in [0.1, 0.15) is 27.5 Å². The Morgan fingerprint density at radius 1 is 1.14 bits per heavy atom. The van der Waals surface area contributed by atoms with Gasteiger partial charge in [-0.05, 0) is 43.3 Å². The second-order valence-electron chi connectivity index (χ2n) is 5.89. The molecule has 0 radical (unpaired) electrons. The number of halogens is 5. The molecule has 0 N–H and O–H groups in total. The van der Waals surface area contributed by atoms with Crippen LogP contribution in [0.25, 0.3) is 0 Å². The molecule has 0 aliphatic rings. The minimum absolute atomic E-state index is 0.150. The Morgan fingerprint density at radius 3 is 2.46 bits per heavy atom. The third-order valence-corrected chi connectivity index (χ3v) is 3.95. The number of nitrogens with zero attached hydrogens (tertiary/aromatic N) is 2. The number of carbonyl (C=O) groups is 1. The number of hydrogen-bond donors (Lipinski definition) is 0. The molecule has 0 atom stereocenters. The van der Waals surface area contributed by atoms with Gasteiger partial charge in [-0.1, -0.05) is 0 Å². The van der Waals surface area contributed by atoms with Gasteiger partial charge in [0.05, 0.1) is 29.8 Å². The SMILES string of the molecule is Cc1nc(C(F)(F)F)ccc1C(=O)N(Cc1ccco1)c1ccc(F)cc1F. The number of pyridine rings is 1. The fraction of sp³-hybridized carbons (Fsp3) is 0.158. The summed E-state index contributed by atoms with van der Waals surface area (Å²) in [6.45, 7) is 1.03. The molecule has 0 spiro atoms. The molecule has 0 aliphatic heterocycles. The molecule has 28 heavy (non-hydrogen) atoms. The van der Waals surface area contributed by atoms with E-state index in [0.29, 0.717) is 17.9 Å². The molecule has 0 unspecified atom stereocenters. The van der Waals surface area contributed by atoms with Crippen LogP contribution in [0.15, 0.2) is 53.1 Å². The largest absolute Gasteiger partial charge is 0.467 e. The summed E-state index contributed by atoms with van der Waals surface area (Å²) in [5.74, 6) is -2.34. The lowest BCUT2D eigenvalue weighted by Crippen LogP contribution is -2.32. The van der Waals surface area contributed by atoms with Gasteiger partial charge >= 0.3 is 6.18 Å². The minimum atomic E-state index is -4.66. The maximum Gasteiger partial charge on any atom is 0.433 e. The number of rotatable bonds is 4. The van der Waals surface area contributed by atoms with Gasteiger partial charge in [0.25, 0.3) is 5.91 Å². The fourth-order valence-corrected chi connectivity index (χ4v) is 2.62. The fourth-order valence-electron chi connectivity index (χ4n) is 2.62. The lowest BCUT2D eigenvalue weighted by atomic mass is 10.1. The van der Waals surface area contributed by atoms with Gasteiger partial charge in [0.15, 0.2) is 0 Å². The number of anilines is 1. The Morgan fingerprint density at radius 2 is 1.89 bits per heavy atom. The van der Waals surface area contributed by atoms with Gasteiger partial charge < -0.3 is 4.42 Å². The highest BCUT2D eigenvalue weighted by molar-refractivity contribution is 6.06. The van der Waals surface area contributed by atoms with Crippen LogP contribution in [-0.2, 0) is 12.7 Å². The lowest BCUT2D eigenvalue weighted by molar-refractivity contribution is -0.141. The molecule has 0 fully saturated rings. The van der Waals surface area contributed by atoms with Crippen molar-refractivity contribution in [3.05, 3.63) is 83.1 Å². The zero-order chi connectivity index (χ0) is 20.5. The lowest BCUT2D eigenvalue weighted by Gasteiger charge is -2.23. The van der Waals surface area contributed by atoms with Crippen molar-refractivity contribution in [3.8, 4) is 0 Å². The van der Waals surface area contributed by atoms with Gasteiger partial charge in [0, 0.05) is 6.07 Å². The zero-order valence-electron chi connectivity index (χ0n) is 14.4. The van der Waals surface area contributed by atoms with Crippen molar-refractivity contribution in [2.75, 3.05) is 4.90 Å². The van der Waals surface area contributed by atoms with Crippen molar-refractivity contribution < 1.29 is 31.2 Å². The van der Waals surface area contributed by atoms with E-state index in [2.05, 4.69) is 4.98 Å². The number of aromatic nitrogens is 1. The van der Waals surface area contributed by atoms with Gasteiger partial charge in [-0.2, -0.15) is 13.2 Å². The average molecular weight is 396 g/mol. The molecule has 0 bridgehead atoms. The van der Waals surface area contributed by atoms with Crippen molar-refractivity contribution in [1.82, 2.24) is 4.98 Å². The van der Waals surface area contributed by atoms with Crippen LogP contribution in [0.5, 0.6) is 0 Å². The van der Waals surface area contributed by atoms with Crippen LogP contribution in [0.4, 0.5) is 27.6 Å². The van der Waals surface area contributed by atoms with Crippen LogP contribution < -0.4 is 4.90 Å². The highest BCUT2D eigenvalue weighted by atomic mass is 19.4. The number of benzene rings is 1. The van der Waals surface area contributed by atoms with E-state index < -0.39 is 29.4 Å². The summed E-state index contributed by atoms with van der Waals surface area (Å²) in [6, 6.07) is 7.40. The smallest absolute Gasteiger partial charge is 0.433 e. The molecule has 3 aromatic rings. The van der Waals surface area contributed by atoms with Crippen LogP contribution in [0, 0.1) is 18.6 Å². The van der Waals surface area contributed by atoms with Crippen molar-refractivity contribution >= 4 is 11.6 Å². The van der Waals surface area contributed by atoms with Gasteiger partial charge in [-0.15, -0.1) is 0 Å². The summed E-state index contributed by atoms with van der Waals surface area (Å²) in [4.78, 5) is 17.4. The van der Waals surface area contributed by atoms with Crippen molar-refractivity contribution in [2.24, 2.45) is 0 Å². The monoisotopic (exact) mass is 396 g/mol. The molecule has 3 rings (SSSR count). The predicted molar refractivity (Wildman–Crippen MR) is 89.6 cm³/mol. The maximum absolute atomic E-state index is 14.3. The van der Waals surface area contributed by atoms with Crippen LogP contribution >= 0.6 is 0 Å². The van der Waals surface area contributed by atoms with Crippen LogP contribution in [-0.4, -0.2) is 10.9 Å². The van der Waals surface area contributed by atoms with E-state index in [4.69, 9.17) is 4.42 Å². The van der Waals surface area contributed by atoms with Crippen molar-refractivity contribution in [1.29, 1.82) is 0 Å². The number of carbonyl (C=O) groups excluding carboxylic acids is 1. The van der Waals surface area contributed by atoms with E-state index in [9.17, 15) is 26.7 Å². The molecule has 9 heteroatoms. The molecular weight excluding hydrogens is 383 g/mol. The van der Waals surface area contributed by atoms with E-state index in [1.807, 2.05) is 0 Å². The highest BCUT2D eigenvalue weighted by Gasteiger charge is 2.33. The van der Waals surface area contributed by atoms with Gasteiger partial charge in [0.2, 0.25) is 0 Å². The van der Waals surface area contributed by atoms with E-state index >= 15 is 0 Å². The van der Waals surface area contributed by atoms with E-state index in [-0.39, 0.29) is 23.5 Å². The summed E-state index contributed by atoms with van der Waals surface area (Å²) in [5.41, 5.74) is -1.72. The summed E-state index contributed by atoms with van der Waals surface area (Å²) in [5, 5.41) is 0. The molecule has 146 valence electrons. The summed E-state index contributed by atoms with van der Waals surface area (Å²) in [7, 11) is 0. The minimum Gasteiger partial charge on any atom is -0.467 e. The molecular formula is C19H13F5N2O2. The summed E-state index contributed by atoms with van der Waals surface area (Å²) in [6.07, 6.45) is -3.31. The second kappa shape index (κ2) is 7.41. The quantitative estimate of drug-likeness (QED) is 0.575. The Bertz CT molecular complexity index is 1000. The number of hydrogen-bond acceptors (Lipinski definition) is 3. The van der Waals surface area contributed by atoms with E-state index in [1.165, 1.54) is 13.2 Å².